The van der Waals surface area contributed by atoms with Gasteiger partial charge in [-0.3, -0.25) is 9.79 Å². The number of hydrogen-bond acceptors (Lipinski definition) is 5. The molecule has 1 unspecified atom stereocenters. The molecular weight excluding hydrogens is 386 g/mol. The largest absolute Gasteiger partial charge is 0.386 e. The van der Waals surface area contributed by atoms with E-state index in [0.29, 0.717) is 24.9 Å². The molecular formula is C21H25N5O2S. The average Bonchev–Trinajstić information content (AvgIpc) is 3.16. The molecule has 3 rings (SSSR count). The van der Waals surface area contributed by atoms with Gasteiger partial charge in [0, 0.05) is 42.3 Å². The molecule has 0 bridgehead atoms. The number of carbonyl (C=O) groups is 1. The Bertz CT molecular complexity index is 951. The van der Waals surface area contributed by atoms with Crippen LogP contribution in [0.25, 0.3) is 10.1 Å². The van der Waals surface area contributed by atoms with Crippen LogP contribution in [-0.2, 0) is 4.79 Å². The van der Waals surface area contributed by atoms with Gasteiger partial charge in [-0.2, -0.15) is 0 Å². The van der Waals surface area contributed by atoms with Crippen molar-refractivity contribution in [2.45, 2.75) is 19.4 Å². The lowest BCUT2D eigenvalue weighted by molar-refractivity contribution is -0.116. The Balaban J connectivity index is 1.41. The topological polar surface area (TPSA) is 98.6 Å². The van der Waals surface area contributed by atoms with E-state index >= 15 is 0 Å². The van der Waals surface area contributed by atoms with Crippen molar-refractivity contribution in [3.63, 3.8) is 0 Å². The molecule has 4 N–H and O–H groups in total. The van der Waals surface area contributed by atoms with Crippen LogP contribution in [0.3, 0.4) is 0 Å². The molecule has 0 saturated heterocycles. The van der Waals surface area contributed by atoms with E-state index in [9.17, 15) is 9.90 Å². The first-order chi connectivity index (χ1) is 14.0. The van der Waals surface area contributed by atoms with Gasteiger partial charge in [-0.15, -0.1) is 11.3 Å². The highest BCUT2D eigenvalue weighted by Crippen LogP contribution is 2.29. The summed E-state index contributed by atoms with van der Waals surface area (Å²) in [5, 5.41) is 20.5. The molecule has 152 valence electrons. The highest BCUT2D eigenvalue weighted by molar-refractivity contribution is 7.19. The van der Waals surface area contributed by atoms with Crippen LogP contribution >= 0.6 is 11.3 Å². The second kappa shape index (κ2) is 9.99. The maximum atomic E-state index is 12.0. The van der Waals surface area contributed by atoms with Crippen molar-refractivity contribution < 1.29 is 9.90 Å². The van der Waals surface area contributed by atoms with E-state index in [2.05, 4.69) is 25.9 Å². The van der Waals surface area contributed by atoms with Gasteiger partial charge in [0.2, 0.25) is 5.91 Å². The van der Waals surface area contributed by atoms with Crippen molar-refractivity contribution in [1.82, 2.24) is 15.6 Å². The number of rotatable bonds is 7. The van der Waals surface area contributed by atoms with Crippen molar-refractivity contribution in [2.75, 3.05) is 25.5 Å². The van der Waals surface area contributed by atoms with Gasteiger partial charge in [-0.25, -0.2) is 4.98 Å². The first-order valence-corrected chi connectivity index (χ1v) is 10.2. The number of nitrogens with one attached hydrogen (secondary N) is 3. The van der Waals surface area contributed by atoms with Crippen LogP contribution in [0.15, 0.2) is 53.7 Å². The van der Waals surface area contributed by atoms with E-state index in [1.54, 1.807) is 30.6 Å². The summed E-state index contributed by atoms with van der Waals surface area (Å²) in [6.07, 6.45) is 1.35. The minimum atomic E-state index is -0.637. The van der Waals surface area contributed by atoms with Gasteiger partial charge >= 0.3 is 0 Å². The molecule has 0 aliphatic rings. The maximum Gasteiger partial charge on any atom is 0.227 e. The van der Waals surface area contributed by atoms with E-state index in [1.165, 1.54) is 0 Å². The van der Waals surface area contributed by atoms with E-state index in [1.807, 2.05) is 43.3 Å². The maximum absolute atomic E-state index is 12.0. The molecule has 0 saturated carbocycles. The highest BCUT2D eigenvalue weighted by Gasteiger charge is 2.12. The van der Waals surface area contributed by atoms with Gasteiger partial charge in [-0.1, -0.05) is 24.3 Å². The molecule has 2 aromatic heterocycles. The summed E-state index contributed by atoms with van der Waals surface area (Å²) >= 11 is 1.58. The molecule has 0 aliphatic carbocycles. The summed E-state index contributed by atoms with van der Waals surface area (Å²) in [6.45, 7) is 2.68. The van der Waals surface area contributed by atoms with E-state index < -0.39 is 6.10 Å². The van der Waals surface area contributed by atoms with Crippen molar-refractivity contribution in [3.05, 3.63) is 59.1 Å². The number of anilines is 1. The smallest absolute Gasteiger partial charge is 0.227 e. The third kappa shape index (κ3) is 6.00. The number of amides is 1. The number of aliphatic imine (C=N–C) groups is 1. The van der Waals surface area contributed by atoms with Gasteiger partial charge in [0.15, 0.2) is 5.96 Å². The van der Waals surface area contributed by atoms with Crippen LogP contribution in [0.1, 0.15) is 23.0 Å². The first-order valence-electron chi connectivity index (χ1n) is 9.38. The number of hydrogen-bond donors (Lipinski definition) is 4. The Hall–Kier alpha value is -2.97. The highest BCUT2D eigenvalue weighted by atomic mass is 32.1. The number of thiophene rings is 1. The standard InChI is InChI=1S/C21H25N5O2S/c1-14-7-8-19(24-12-14)26-20(28)9-10-23-21(22-2)25-13-16(27)18-11-15-5-3-4-6-17(15)29-18/h3-8,11-12,16,27H,9-10,13H2,1-2H3,(H2,22,23,25)(H,24,26,28). The van der Waals surface area contributed by atoms with Crippen LogP contribution < -0.4 is 16.0 Å². The normalized spacial score (nSPS) is 12.6. The van der Waals surface area contributed by atoms with Gasteiger partial charge in [-0.05, 0) is 36.1 Å². The molecule has 0 spiro atoms. The second-order valence-electron chi connectivity index (χ2n) is 6.60. The molecule has 1 aromatic carbocycles. The lowest BCUT2D eigenvalue weighted by Crippen LogP contribution is -2.40. The van der Waals surface area contributed by atoms with Gasteiger partial charge in [0.25, 0.3) is 0 Å². The Morgan fingerprint density at radius 1 is 1.24 bits per heavy atom. The summed E-state index contributed by atoms with van der Waals surface area (Å²) in [4.78, 5) is 21.2. The fourth-order valence-corrected chi connectivity index (χ4v) is 3.77. The van der Waals surface area contributed by atoms with Gasteiger partial charge in [0.1, 0.15) is 11.9 Å². The van der Waals surface area contributed by atoms with E-state index in [4.69, 9.17) is 0 Å². The van der Waals surface area contributed by atoms with Crippen LogP contribution in [0.5, 0.6) is 0 Å². The summed E-state index contributed by atoms with van der Waals surface area (Å²) in [7, 11) is 1.65. The number of carbonyl (C=O) groups excluding carboxylic acids is 1. The van der Waals surface area contributed by atoms with Crippen LogP contribution in [-0.4, -0.2) is 42.1 Å². The third-order valence-electron chi connectivity index (χ3n) is 4.28. The van der Waals surface area contributed by atoms with Crippen LogP contribution in [0.2, 0.25) is 0 Å². The molecule has 7 nitrogen and oxygen atoms in total. The number of nitrogens with zero attached hydrogens (tertiary/aromatic N) is 2. The molecule has 1 amide bonds. The third-order valence-corrected chi connectivity index (χ3v) is 5.50. The number of aliphatic hydroxyl groups is 1. The summed E-state index contributed by atoms with van der Waals surface area (Å²) in [5.74, 6) is 0.940. The minimum Gasteiger partial charge on any atom is -0.386 e. The van der Waals surface area contributed by atoms with Gasteiger partial charge < -0.3 is 21.1 Å². The molecule has 0 aliphatic heterocycles. The molecule has 2 heterocycles. The van der Waals surface area contributed by atoms with Crippen LogP contribution in [0, 0.1) is 6.92 Å². The first kappa shape index (κ1) is 20.8. The number of pyridine rings is 1. The minimum absolute atomic E-state index is 0.130. The number of benzene rings is 1. The van der Waals surface area contributed by atoms with Crippen molar-refractivity contribution in [1.29, 1.82) is 0 Å². The Labute approximate surface area is 173 Å². The lowest BCUT2D eigenvalue weighted by Gasteiger charge is -2.14. The molecule has 29 heavy (non-hydrogen) atoms. The van der Waals surface area contributed by atoms with Crippen molar-refractivity contribution >= 4 is 39.1 Å². The quantitative estimate of drug-likeness (QED) is 0.354. The Morgan fingerprint density at radius 3 is 2.79 bits per heavy atom. The zero-order valence-corrected chi connectivity index (χ0v) is 17.3. The monoisotopic (exact) mass is 411 g/mol. The van der Waals surface area contributed by atoms with Crippen LogP contribution in [0.4, 0.5) is 5.82 Å². The summed E-state index contributed by atoms with van der Waals surface area (Å²) in [6, 6.07) is 13.7. The second-order valence-corrected chi connectivity index (χ2v) is 7.72. The number of fused-ring (bicyclic) bond motifs is 1. The van der Waals surface area contributed by atoms with E-state index in [0.717, 1.165) is 20.5 Å². The van der Waals surface area contributed by atoms with Crippen molar-refractivity contribution in [3.8, 4) is 0 Å². The molecule has 1 atom stereocenters. The molecule has 0 radical (unpaired) electrons. The zero-order valence-electron chi connectivity index (χ0n) is 16.5. The van der Waals surface area contributed by atoms with E-state index in [-0.39, 0.29) is 12.3 Å². The summed E-state index contributed by atoms with van der Waals surface area (Å²) < 4.78 is 1.15. The lowest BCUT2D eigenvalue weighted by atomic mass is 10.2. The van der Waals surface area contributed by atoms with Crippen molar-refractivity contribution in [2.24, 2.45) is 4.99 Å². The van der Waals surface area contributed by atoms with Gasteiger partial charge in [0.05, 0.1) is 0 Å². The molecule has 3 aromatic rings. The summed E-state index contributed by atoms with van der Waals surface area (Å²) in [5.41, 5.74) is 1.04. The average molecular weight is 412 g/mol. The fourth-order valence-electron chi connectivity index (χ4n) is 2.72. The predicted molar refractivity (Wildman–Crippen MR) is 118 cm³/mol. The number of guanidine groups is 1. The molecule has 8 heteroatoms. The Morgan fingerprint density at radius 2 is 2.07 bits per heavy atom. The number of aliphatic hydroxyl groups excluding tert-OH is 1. The number of aryl methyl sites for hydroxylation is 1. The number of aromatic nitrogens is 1. The molecule has 0 fully saturated rings. The Kier molecular flexibility index (Phi) is 7.15. The SMILES string of the molecule is CN=C(NCCC(=O)Nc1ccc(C)cn1)NCC(O)c1cc2ccccc2s1. The zero-order chi connectivity index (χ0) is 20.6. The predicted octanol–water partition coefficient (Wildman–Crippen LogP) is 2.83. The fraction of sp³-hybridized carbons (Fsp3) is 0.286.